The molecule has 1 aromatic carbocycles. The van der Waals surface area contributed by atoms with Crippen molar-refractivity contribution in [3.63, 3.8) is 0 Å². The third kappa shape index (κ3) is 2.07. The minimum atomic E-state index is 0. The summed E-state index contributed by atoms with van der Waals surface area (Å²) in [5.41, 5.74) is 8.11. The third-order valence-electron chi connectivity index (χ3n) is 2.46. The molecule has 0 fully saturated rings. The molecule has 0 aromatic heterocycles. The first-order chi connectivity index (χ1) is 6.72. The molecular weight excluding hydrogens is 214 g/mol. The highest BCUT2D eigenvalue weighted by atomic mass is 35.5. The number of carbonyl (C=O) groups excluding carboxylic acids is 1. The summed E-state index contributed by atoms with van der Waals surface area (Å²) in [7, 11) is 0. The van der Waals surface area contributed by atoms with Crippen LogP contribution in [0.5, 0.6) is 5.75 Å². The molecule has 0 aliphatic carbocycles. The van der Waals surface area contributed by atoms with Crippen LogP contribution in [0.1, 0.15) is 29.3 Å². The fourth-order valence-corrected chi connectivity index (χ4v) is 1.67. The van der Waals surface area contributed by atoms with E-state index in [1.807, 2.05) is 19.1 Å². The van der Waals surface area contributed by atoms with E-state index in [1.165, 1.54) is 0 Å². The summed E-state index contributed by atoms with van der Waals surface area (Å²) < 4.78 is 5.38. The predicted molar refractivity (Wildman–Crippen MR) is 61.9 cm³/mol. The predicted octanol–water partition coefficient (Wildman–Crippen LogP) is 2.22. The van der Waals surface area contributed by atoms with Crippen LogP contribution in [-0.4, -0.2) is 12.4 Å². The van der Waals surface area contributed by atoms with Gasteiger partial charge in [0.05, 0.1) is 17.9 Å². The van der Waals surface area contributed by atoms with Gasteiger partial charge in [-0.1, -0.05) is 6.92 Å². The minimum absolute atomic E-state index is 0. The summed E-state index contributed by atoms with van der Waals surface area (Å²) in [6.45, 7) is 2.48. The van der Waals surface area contributed by atoms with Gasteiger partial charge in [0, 0.05) is 6.42 Å². The van der Waals surface area contributed by atoms with Crippen molar-refractivity contribution in [3.05, 3.63) is 23.3 Å². The first-order valence-corrected chi connectivity index (χ1v) is 4.80. The number of anilines is 1. The second-order valence-corrected chi connectivity index (χ2v) is 3.44. The molecule has 0 amide bonds. The number of nitrogen functional groups attached to an aromatic ring is 1. The lowest BCUT2D eigenvalue weighted by Crippen LogP contribution is -2.17. The number of hydrogen-bond acceptors (Lipinski definition) is 3. The van der Waals surface area contributed by atoms with Gasteiger partial charge in [-0.25, -0.2) is 0 Å². The average molecular weight is 228 g/mol. The van der Waals surface area contributed by atoms with Crippen molar-refractivity contribution in [1.82, 2.24) is 0 Å². The molecule has 1 aromatic rings. The van der Waals surface area contributed by atoms with Crippen molar-refractivity contribution >= 4 is 23.9 Å². The van der Waals surface area contributed by atoms with E-state index in [-0.39, 0.29) is 18.2 Å². The maximum atomic E-state index is 11.6. The zero-order chi connectivity index (χ0) is 10.1. The maximum absolute atomic E-state index is 11.6. The smallest absolute Gasteiger partial charge is 0.170 e. The second-order valence-electron chi connectivity index (χ2n) is 3.44. The van der Waals surface area contributed by atoms with Crippen molar-refractivity contribution < 1.29 is 9.53 Å². The quantitative estimate of drug-likeness (QED) is 0.749. The van der Waals surface area contributed by atoms with Crippen molar-refractivity contribution in [2.45, 2.75) is 19.8 Å². The number of halogens is 1. The van der Waals surface area contributed by atoms with Crippen LogP contribution in [0.2, 0.25) is 0 Å². The summed E-state index contributed by atoms with van der Waals surface area (Å²) in [4.78, 5) is 11.6. The second kappa shape index (κ2) is 4.53. The Morgan fingerprint density at radius 2 is 2.20 bits per heavy atom. The van der Waals surface area contributed by atoms with Crippen LogP contribution in [0.3, 0.4) is 0 Å². The Bertz CT molecular complexity index is 390. The average Bonchev–Trinajstić information content (AvgIpc) is 2.19. The highest BCUT2D eigenvalue weighted by Crippen LogP contribution is 2.32. The highest BCUT2D eigenvalue weighted by Gasteiger charge is 2.20. The Labute approximate surface area is 95.0 Å². The Hall–Kier alpha value is -1.22. The number of rotatable bonds is 1. The monoisotopic (exact) mass is 227 g/mol. The van der Waals surface area contributed by atoms with E-state index in [4.69, 9.17) is 10.5 Å². The van der Waals surface area contributed by atoms with E-state index in [9.17, 15) is 4.79 Å². The Balaban J connectivity index is 0.00000112. The summed E-state index contributed by atoms with van der Waals surface area (Å²) >= 11 is 0. The van der Waals surface area contributed by atoms with Crippen LogP contribution >= 0.6 is 12.4 Å². The SMILES string of the molecule is CCc1cc(N)c2c(c1)C(=O)CCO2.Cl. The maximum Gasteiger partial charge on any atom is 0.170 e. The molecule has 2 N–H and O–H groups in total. The molecule has 15 heavy (non-hydrogen) atoms. The zero-order valence-corrected chi connectivity index (χ0v) is 9.39. The molecule has 0 saturated carbocycles. The van der Waals surface area contributed by atoms with Gasteiger partial charge in [-0.15, -0.1) is 12.4 Å². The molecule has 1 heterocycles. The molecule has 1 aliphatic heterocycles. The van der Waals surface area contributed by atoms with Gasteiger partial charge in [0.1, 0.15) is 0 Å². The largest absolute Gasteiger partial charge is 0.490 e. The van der Waals surface area contributed by atoms with Crippen LogP contribution in [0.25, 0.3) is 0 Å². The Kier molecular flexibility index (Phi) is 3.58. The lowest BCUT2D eigenvalue weighted by Gasteiger charge is -2.18. The number of ether oxygens (including phenoxy) is 1. The van der Waals surface area contributed by atoms with Crippen molar-refractivity contribution in [1.29, 1.82) is 0 Å². The van der Waals surface area contributed by atoms with E-state index in [0.717, 1.165) is 12.0 Å². The van der Waals surface area contributed by atoms with Crippen molar-refractivity contribution in [2.75, 3.05) is 12.3 Å². The molecule has 0 saturated heterocycles. The van der Waals surface area contributed by atoms with Gasteiger partial charge in [0.25, 0.3) is 0 Å². The molecule has 4 heteroatoms. The number of Topliss-reactive ketones (excluding diaryl/α,β-unsaturated/α-hetero) is 1. The fraction of sp³-hybridized carbons (Fsp3) is 0.364. The van der Waals surface area contributed by atoms with Gasteiger partial charge in [0.15, 0.2) is 11.5 Å². The van der Waals surface area contributed by atoms with Crippen LogP contribution < -0.4 is 10.5 Å². The standard InChI is InChI=1S/C11H13NO2.ClH/c1-2-7-5-8-10(13)3-4-14-11(8)9(12)6-7;/h5-6H,2-4,12H2,1H3;1H. The van der Waals surface area contributed by atoms with E-state index in [2.05, 4.69) is 0 Å². The molecule has 82 valence electrons. The van der Waals surface area contributed by atoms with Gasteiger partial charge < -0.3 is 10.5 Å². The number of nitrogens with two attached hydrogens (primary N) is 1. The summed E-state index contributed by atoms with van der Waals surface area (Å²) in [5.74, 6) is 0.701. The fourth-order valence-electron chi connectivity index (χ4n) is 1.67. The van der Waals surface area contributed by atoms with Crippen molar-refractivity contribution in [2.24, 2.45) is 0 Å². The van der Waals surface area contributed by atoms with Gasteiger partial charge in [-0.2, -0.15) is 0 Å². The summed E-state index contributed by atoms with van der Waals surface area (Å²) in [5, 5.41) is 0. The van der Waals surface area contributed by atoms with Crippen LogP contribution in [0.15, 0.2) is 12.1 Å². The number of fused-ring (bicyclic) bond motifs is 1. The lowest BCUT2D eigenvalue weighted by molar-refractivity contribution is 0.0934. The van der Waals surface area contributed by atoms with Gasteiger partial charge in [0.2, 0.25) is 0 Å². The number of ketones is 1. The number of benzene rings is 1. The molecule has 0 radical (unpaired) electrons. The molecular formula is C11H14ClNO2. The number of carbonyl (C=O) groups is 1. The van der Waals surface area contributed by atoms with Gasteiger partial charge in [-0.3, -0.25) is 4.79 Å². The van der Waals surface area contributed by atoms with E-state index in [1.54, 1.807) is 0 Å². The normalized spacial score (nSPS) is 13.8. The minimum Gasteiger partial charge on any atom is -0.490 e. The number of hydrogen-bond donors (Lipinski definition) is 1. The molecule has 0 spiro atoms. The molecule has 0 unspecified atom stereocenters. The first kappa shape index (κ1) is 11.9. The molecule has 0 atom stereocenters. The van der Waals surface area contributed by atoms with Crippen LogP contribution in [-0.2, 0) is 6.42 Å². The van der Waals surface area contributed by atoms with E-state index < -0.39 is 0 Å². The van der Waals surface area contributed by atoms with Gasteiger partial charge in [-0.05, 0) is 24.1 Å². The van der Waals surface area contributed by atoms with Crippen LogP contribution in [0, 0.1) is 0 Å². The van der Waals surface area contributed by atoms with Crippen LogP contribution in [0.4, 0.5) is 5.69 Å². The third-order valence-corrected chi connectivity index (χ3v) is 2.46. The molecule has 2 rings (SSSR count). The van der Waals surface area contributed by atoms with Gasteiger partial charge >= 0.3 is 0 Å². The van der Waals surface area contributed by atoms with Crippen molar-refractivity contribution in [3.8, 4) is 5.75 Å². The summed E-state index contributed by atoms with van der Waals surface area (Å²) in [6, 6.07) is 3.75. The Morgan fingerprint density at radius 3 is 2.87 bits per heavy atom. The molecule has 0 bridgehead atoms. The van der Waals surface area contributed by atoms with E-state index >= 15 is 0 Å². The van der Waals surface area contributed by atoms with E-state index in [0.29, 0.717) is 30.0 Å². The highest BCUT2D eigenvalue weighted by molar-refractivity contribution is 6.01. The molecule has 3 nitrogen and oxygen atoms in total. The molecule has 1 aliphatic rings. The zero-order valence-electron chi connectivity index (χ0n) is 8.58. The Morgan fingerprint density at radius 1 is 1.47 bits per heavy atom. The lowest BCUT2D eigenvalue weighted by atomic mass is 10.00. The number of aryl methyl sites for hydroxylation is 1. The topological polar surface area (TPSA) is 52.3 Å². The first-order valence-electron chi connectivity index (χ1n) is 4.80. The summed E-state index contributed by atoms with van der Waals surface area (Å²) in [6.07, 6.45) is 1.34.